The maximum Gasteiger partial charge on any atom is 0.356 e. The van der Waals surface area contributed by atoms with Crippen LogP contribution in [0.1, 0.15) is 23.3 Å². The normalized spacial score (nSPS) is 19.2. The van der Waals surface area contributed by atoms with Crippen LogP contribution < -0.4 is 4.74 Å². The van der Waals surface area contributed by atoms with Crippen molar-refractivity contribution in [2.24, 2.45) is 0 Å². The lowest BCUT2D eigenvalue weighted by Gasteiger charge is -2.11. The van der Waals surface area contributed by atoms with Gasteiger partial charge in [-0.15, -0.1) is 0 Å². The summed E-state index contributed by atoms with van der Waals surface area (Å²) in [7, 11) is 0. The largest absolute Gasteiger partial charge is 0.476 e. The Morgan fingerprint density at radius 1 is 1.65 bits per heavy atom. The molecule has 0 bridgehead atoms. The minimum absolute atomic E-state index is 0.0701. The Labute approximate surface area is 103 Å². The molecule has 0 spiro atoms. The van der Waals surface area contributed by atoms with E-state index in [1.165, 1.54) is 6.07 Å². The Balaban J connectivity index is 2.00. The molecule has 92 valence electrons. The first kappa shape index (κ1) is 12.1. The van der Waals surface area contributed by atoms with Crippen molar-refractivity contribution < 1.29 is 19.4 Å². The summed E-state index contributed by atoms with van der Waals surface area (Å²) in [6.45, 7) is 1.14. The molecule has 1 aromatic heterocycles. The fourth-order valence-corrected chi connectivity index (χ4v) is 1.79. The van der Waals surface area contributed by atoms with Crippen LogP contribution in [0.3, 0.4) is 0 Å². The van der Waals surface area contributed by atoms with Gasteiger partial charge in [0.1, 0.15) is 6.61 Å². The number of carboxylic acids is 1. The van der Waals surface area contributed by atoms with Gasteiger partial charge in [-0.25, -0.2) is 9.78 Å². The van der Waals surface area contributed by atoms with Gasteiger partial charge in [0.05, 0.1) is 11.1 Å². The molecule has 2 heterocycles. The Morgan fingerprint density at radius 2 is 2.47 bits per heavy atom. The van der Waals surface area contributed by atoms with Crippen LogP contribution in [0.15, 0.2) is 12.1 Å². The lowest BCUT2D eigenvalue weighted by molar-refractivity contribution is 0.0649. The predicted octanol–water partition coefficient (Wildman–Crippen LogP) is 1.99. The quantitative estimate of drug-likeness (QED) is 0.893. The summed E-state index contributed by atoms with van der Waals surface area (Å²) in [5.41, 5.74) is -0.198. The lowest BCUT2D eigenvalue weighted by atomic mass is 10.2. The maximum atomic E-state index is 10.8. The third kappa shape index (κ3) is 3.08. The van der Waals surface area contributed by atoms with Crippen LogP contribution in [0, 0.1) is 0 Å². The molecular formula is C11H12ClNO4. The molecule has 0 amide bonds. The highest BCUT2D eigenvalue weighted by atomic mass is 35.5. The van der Waals surface area contributed by atoms with E-state index >= 15 is 0 Å². The number of halogens is 1. The zero-order chi connectivity index (χ0) is 12.3. The summed E-state index contributed by atoms with van der Waals surface area (Å²) in [5.74, 6) is -0.917. The average Bonchev–Trinajstić information content (AvgIpc) is 2.80. The molecule has 17 heavy (non-hydrogen) atoms. The number of aromatic carboxylic acids is 1. The van der Waals surface area contributed by atoms with Crippen molar-refractivity contribution in [3.63, 3.8) is 0 Å². The van der Waals surface area contributed by atoms with Gasteiger partial charge < -0.3 is 14.6 Å². The molecule has 1 aliphatic heterocycles. The maximum absolute atomic E-state index is 10.8. The van der Waals surface area contributed by atoms with Crippen molar-refractivity contribution in [3.05, 3.63) is 22.8 Å². The lowest BCUT2D eigenvalue weighted by Crippen LogP contribution is -2.17. The van der Waals surface area contributed by atoms with Crippen LogP contribution in [0.4, 0.5) is 0 Å². The minimum atomic E-state index is -1.17. The molecule has 1 aromatic rings. The monoisotopic (exact) mass is 257 g/mol. The second-order valence-electron chi connectivity index (χ2n) is 3.73. The van der Waals surface area contributed by atoms with Gasteiger partial charge >= 0.3 is 5.97 Å². The third-order valence-electron chi connectivity index (χ3n) is 2.46. The number of hydrogen-bond acceptors (Lipinski definition) is 4. The number of ether oxygens (including phenoxy) is 2. The summed E-state index contributed by atoms with van der Waals surface area (Å²) >= 11 is 5.69. The number of aromatic nitrogens is 1. The highest BCUT2D eigenvalue weighted by Crippen LogP contribution is 2.19. The van der Waals surface area contributed by atoms with Crippen molar-refractivity contribution in [2.75, 3.05) is 13.2 Å². The average molecular weight is 258 g/mol. The molecule has 1 atom stereocenters. The van der Waals surface area contributed by atoms with E-state index in [4.69, 9.17) is 26.2 Å². The van der Waals surface area contributed by atoms with Gasteiger partial charge in [-0.05, 0) is 18.9 Å². The third-order valence-corrected chi connectivity index (χ3v) is 2.77. The number of pyridine rings is 1. The number of carboxylic acid groups (broad SMARTS) is 1. The molecule has 2 rings (SSSR count). The second-order valence-corrected chi connectivity index (χ2v) is 4.14. The van der Waals surface area contributed by atoms with E-state index in [0.29, 0.717) is 6.61 Å². The van der Waals surface area contributed by atoms with Gasteiger partial charge in [-0.2, -0.15) is 0 Å². The highest BCUT2D eigenvalue weighted by molar-refractivity contribution is 6.33. The van der Waals surface area contributed by atoms with Gasteiger partial charge in [0.25, 0.3) is 0 Å². The molecule has 0 aliphatic carbocycles. The van der Waals surface area contributed by atoms with E-state index in [1.54, 1.807) is 6.07 Å². The fourth-order valence-electron chi connectivity index (χ4n) is 1.61. The molecule has 1 N–H and O–H groups in total. The topological polar surface area (TPSA) is 68.7 Å². The zero-order valence-corrected chi connectivity index (χ0v) is 9.81. The van der Waals surface area contributed by atoms with Crippen LogP contribution in [-0.4, -0.2) is 35.4 Å². The number of hydrogen-bond donors (Lipinski definition) is 1. The first-order valence-corrected chi connectivity index (χ1v) is 5.69. The Morgan fingerprint density at radius 3 is 3.12 bits per heavy atom. The molecule has 0 unspecified atom stereocenters. The smallest absolute Gasteiger partial charge is 0.356 e. The number of carbonyl (C=O) groups is 1. The summed E-state index contributed by atoms with van der Waals surface area (Å²) in [4.78, 5) is 14.6. The minimum Gasteiger partial charge on any atom is -0.476 e. The van der Waals surface area contributed by atoms with Gasteiger partial charge in [0, 0.05) is 12.7 Å². The van der Waals surface area contributed by atoms with Crippen molar-refractivity contribution in [3.8, 4) is 5.88 Å². The Hall–Kier alpha value is -1.33. The fraction of sp³-hybridized carbons (Fsp3) is 0.455. The SMILES string of the molecule is O=C(O)c1nc(OC[C@@H]2CCCO2)ccc1Cl. The van der Waals surface area contributed by atoms with E-state index in [9.17, 15) is 4.79 Å². The Bertz CT molecular complexity index is 418. The van der Waals surface area contributed by atoms with Crippen molar-refractivity contribution in [1.29, 1.82) is 0 Å². The molecule has 5 nitrogen and oxygen atoms in total. The van der Waals surface area contributed by atoms with E-state index in [2.05, 4.69) is 4.98 Å². The summed E-state index contributed by atoms with van der Waals surface area (Å²) in [6, 6.07) is 3.01. The van der Waals surface area contributed by atoms with E-state index < -0.39 is 5.97 Å². The molecular weight excluding hydrogens is 246 g/mol. The number of nitrogens with zero attached hydrogens (tertiary/aromatic N) is 1. The van der Waals surface area contributed by atoms with Crippen molar-refractivity contribution in [2.45, 2.75) is 18.9 Å². The number of rotatable bonds is 4. The van der Waals surface area contributed by atoms with Gasteiger partial charge in [-0.1, -0.05) is 11.6 Å². The second kappa shape index (κ2) is 5.33. The first-order valence-electron chi connectivity index (χ1n) is 5.31. The Kier molecular flexibility index (Phi) is 3.81. The molecule has 0 saturated carbocycles. The highest BCUT2D eigenvalue weighted by Gasteiger charge is 2.17. The first-order chi connectivity index (χ1) is 8.16. The molecule has 1 aliphatic rings. The van der Waals surface area contributed by atoms with E-state index in [1.807, 2.05) is 0 Å². The van der Waals surface area contributed by atoms with Gasteiger partial charge in [0.2, 0.25) is 5.88 Å². The van der Waals surface area contributed by atoms with Crippen molar-refractivity contribution in [1.82, 2.24) is 4.98 Å². The summed E-state index contributed by atoms with van der Waals surface area (Å²) in [5, 5.41) is 8.94. The molecule has 1 saturated heterocycles. The van der Waals surface area contributed by atoms with Crippen LogP contribution in [0.2, 0.25) is 5.02 Å². The van der Waals surface area contributed by atoms with E-state index in [-0.39, 0.29) is 22.7 Å². The van der Waals surface area contributed by atoms with Crippen LogP contribution >= 0.6 is 11.6 Å². The van der Waals surface area contributed by atoms with Crippen LogP contribution in [0.25, 0.3) is 0 Å². The van der Waals surface area contributed by atoms with Crippen molar-refractivity contribution >= 4 is 17.6 Å². The van der Waals surface area contributed by atoms with Gasteiger partial charge in [-0.3, -0.25) is 0 Å². The van der Waals surface area contributed by atoms with Gasteiger partial charge in [0.15, 0.2) is 5.69 Å². The summed E-state index contributed by atoms with van der Waals surface area (Å²) in [6.07, 6.45) is 2.06. The molecule has 0 radical (unpaired) electrons. The predicted molar refractivity (Wildman–Crippen MR) is 60.7 cm³/mol. The van der Waals surface area contributed by atoms with Crippen LogP contribution in [0.5, 0.6) is 5.88 Å². The molecule has 0 aromatic carbocycles. The van der Waals surface area contributed by atoms with E-state index in [0.717, 1.165) is 19.4 Å². The standard InChI is InChI=1S/C11H12ClNO4/c12-8-3-4-9(13-10(8)11(14)15)17-6-7-2-1-5-16-7/h3-4,7H,1-2,5-6H2,(H,14,15)/t7-/m0/s1. The molecule has 1 fully saturated rings. The zero-order valence-electron chi connectivity index (χ0n) is 9.06. The summed E-state index contributed by atoms with van der Waals surface area (Å²) < 4.78 is 10.8. The van der Waals surface area contributed by atoms with Crippen LogP contribution in [-0.2, 0) is 4.74 Å². The molecule has 6 heteroatoms.